The second-order valence-corrected chi connectivity index (χ2v) is 3.02. The first-order valence-corrected chi connectivity index (χ1v) is 3.38. The standard InChI is InChI=1S/C7H11F2NO2/c1-7(2,8)4-5(10-3)6(11)12-9/h5H,3-4H2,1-2H3/t5-/m0/s1. The summed E-state index contributed by atoms with van der Waals surface area (Å²) in [4.78, 5) is 16.7. The van der Waals surface area contributed by atoms with Crippen molar-refractivity contribution in [3.05, 3.63) is 0 Å². The molecule has 3 nitrogen and oxygen atoms in total. The van der Waals surface area contributed by atoms with E-state index in [-0.39, 0.29) is 6.42 Å². The average molecular weight is 179 g/mol. The Bertz CT molecular complexity index is 177. The summed E-state index contributed by atoms with van der Waals surface area (Å²) in [5.74, 6) is -1.21. The van der Waals surface area contributed by atoms with Gasteiger partial charge in [0.1, 0.15) is 5.67 Å². The summed E-state index contributed by atoms with van der Waals surface area (Å²) >= 11 is 0. The van der Waals surface area contributed by atoms with Crippen molar-refractivity contribution in [2.24, 2.45) is 4.99 Å². The number of nitrogens with zero attached hydrogens (tertiary/aromatic N) is 1. The van der Waals surface area contributed by atoms with Gasteiger partial charge < -0.3 is 0 Å². The first kappa shape index (κ1) is 11.0. The highest BCUT2D eigenvalue weighted by molar-refractivity contribution is 5.76. The molecule has 0 unspecified atom stereocenters. The largest absolute Gasteiger partial charge is 0.373 e. The zero-order chi connectivity index (χ0) is 9.78. The molecule has 5 heteroatoms. The van der Waals surface area contributed by atoms with E-state index in [1.165, 1.54) is 13.8 Å². The molecule has 0 saturated carbocycles. The number of carbonyl (C=O) groups is 1. The fraction of sp³-hybridized carbons (Fsp3) is 0.714. The summed E-state index contributed by atoms with van der Waals surface area (Å²) in [6.07, 6.45) is -0.237. The van der Waals surface area contributed by atoms with Gasteiger partial charge >= 0.3 is 5.97 Å². The molecule has 1 atom stereocenters. The fourth-order valence-electron chi connectivity index (χ4n) is 0.734. The maximum absolute atomic E-state index is 12.9. The van der Waals surface area contributed by atoms with Crippen LogP contribution in [0.25, 0.3) is 0 Å². The molecule has 0 radical (unpaired) electrons. The van der Waals surface area contributed by atoms with Gasteiger partial charge in [0.2, 0.25) is 0 Å². The van der Waals surface area contributed by atoms with E-state index >= 15 is 0 Å². The van der Waals surface area contributed by atoms with Crippen molar-refractivity contribution in [1.29, 1.82) is 0 Å². The van der Waals surface area contributed by atoms with Gasteiger partial charge in [-0.3, -0.25) is 9.93 Å². The van der Waals surface area contributed by atoms with Crippen LogP contribution in [-0.2, 0) is 9.74 Å². The van der Waals surface area contributed by atoms with Crippen LogP contribution in [0.2, 0.25) is 0 Å². The molecule has 0 N–H and O–H groups in total. The normalized spacial score (nSPS) is 13.7. The van der Waals surface area contributed by atoms with E-state index in [4.69, 9.17) is 0 Å². The van der Waals surface area contributed by atoms with Gasteiger partial charge in [0.25, 0.3) is 0 Å². The topological polar surface area (TPSA) is 38.7 Å². The third kappa shape index (κ3) is 4.00. The summed E-state index contributed by atoms with van der Waals surface area (Å²) in [7, 11) is 0. The Morgan fingerprint density at radius 2 is 2.25 bits per heavy atom. The van der Waals surface area contributed by atoms with E-state index in [0.29, 0.717) is 0 Å². The molecule has 0 aromatic heterocycles. The molecule has 0 saturated heterocycles. The SMILES string of the molecule is C=N[C@@H](CC(C)(C)F)C(=O)OF. The zero-order valence-electron chi connectivity index (χ0n) is 7.01. The summed E-state index contributed by atoms with van der Waals surface area (Å²) < 4.78 is 24.2. The second kappa shape index (κ2) is 4.13. The summed E-state index contributed by atoms with van der Waals surface area (Å²) in [5.41, 5.74) is -1.60. The molecule has 0 aromatic rings. The van der Waals surface area contributed by atoms with Crippen molar-refractivity contribution in [2.45, 2.75) is 32.0 Å². The van der Waals surface area contributed by atoms with E-state index in [2.05, 4.69) is 16.7 Å². The lowest BCUT2D eigenvalue weighted by Gasteiger charge is -2.16. The smallest absolute Gasteiger partial charge is 0.286 e. The molecule has 0 amide bonds. The van der Waals surface area contributed by atoms with Crippen LogP contribution < -0.4 is 0 Å². The highest BCUT2D eigenvalue weighted by Crippen LogP contribution is 2.18. The van der Waals surface area contributed by atoms with E-state index in [9.17, 15) is 13.7 Å². The monoisotopic (exact) mass is 179 g/mol. The zero-order valence-corrected chi connectivity index (χ0v) is 7.01. The van der Waals surface area contributed by atoms with Crippen LogP contribution >= 0.6 is 0 Å². The van der Waals surface area contributed by atoms with Crippen LogP contribution in [0.5, 0.6) is 0 Å². The fourth-order valence-corrected chi connectivity index (χ4v) is 0.734. The average Bonchev–Trinajstić information content (AvgIpc) is 1.97. The molecule has 0 fully saturated rings. The second-order valence-electron chi connectivity index (χ2n) is 3.02. The molecule has 12 heavy (non-hydrogen) atoms. The van der Waals surface area contributed by atoms with E-state index in [1.54, 1.807) is 0 Å². The summed E-state index contributed by atoms with van der Waals surface area (Å²) in [5, 5.41) is 0. The number of aliphatic imine (C=N–C) groups is 1. The number of halogens is 2. The molecule has 0 heterocycles. The highest BCUT2D eigenvalue weighted by atomic mass is 19.3. The number of carbonyl (C=O) groups excluding carboxylic acids is 1. The Balaban J connectivity index is 4.18. The first-order valence-electron chi connectivity index (χ1n) is 3.38. The van der Waals surface area contributed by atoms with Crippen molar-refractivity contribution in [3.8, 4) is 0 Å². The minimum atomic E-state index is -1.60. The van der Waals surface area contributed by atoms with Crippen LogP contribution in [0, 0.1) is 0 Å². The van der Waals surface area contributed by atoms with Gasteiger partial charge in [-0.15, -0.1) is 0 Å². The van der Waals surface area contributed by atoms with E-state index in [0.717, 1.165) is 0 Å². The molecule has 70 valence electrons. The van der Waals surface area contributed by atoms with Crippen LogP contribution in [-0.4, -0.2) is 24.4 Å². The minimum Gasteiger partial charge on any atom is -0.286 e. The third-order valence-corrected chi connectivity index (χ3v) is 1.25. The predicted octanol–water partition coefficient (Wildman–Crippen LogP) is 1.62. The van der Waals surface area contributed by atoms with Crippen LogP contribution in [0.4, 0.5) is 8.92 Å². The van der Waals surface area contributed by atoms with E-state index < -0.39 is 17.7 Å². The quantitative estimate of drug-likeness (QED) is 0.615. The lowest BCUT2D eigenvalue weighted by Crippen LogP contribution is -2.27. The lowest BCUT2D eigenvalue weighted by atomic mass is 10.0. The first-order chi connectivity index (χ1) is 5.40. The van der Waals surface area contributed by atoms with Gasteiger partial charge in [-0.25, -0.2) is 9.18 Å². The Labute approximate surface area is 69.3 Å². The molecule has 0 aliphatic rings. The molecule has 0 aliphatic heterocycles. The third-order valence-electron chi connectivity index (χ3n) is 1.25. The summed E-state index contributed by atoms with van der Waals surface area (Å²) in [6, 6.07) is -1.17. The maximum Gasteiger partial charge on any atom is 0.373 e. The number of hydrogen-bond acceptors (Lipinski definition) is 3. The molecule has 0 rings (SSSR count). The number of alkyl halides is 1. The molecule has 0 aliphatic carbocycles. The molecule has 0 aromatic carbocycles. The van der Waals surface area contributed by atoms with Crippen molar-refractivity contribution in [2.75, 3.05) is 0 Å². The lowest BCUT2D eigenvalue weighted by molar-refractivity contribution is -0.186. The van der Waals surface area contributed by atoms with Crippen molar-refractivity contribution in [3.63, 3.8) is 0 Å². The van der Waals surface area contributed by atoms with Gasteiger partial charge in [-0.2, -0.15) is 0 Å². The number of rotatable bonds is 4. The van der Waals surface area contributed by atoms with Gasteiger partial charge in [0, 0.05) is 10.9 Å². The highest BCUT2D eigenvalue weighted by Gasteiger charge is 2.28. The van der Waals surface area contributed by atoms with Gasteiger partial charge in [-0.1, -0.05) is 0 Å². The molecule has 0 bridgehead atoms. The molecule has 0 spiro atoms. The number of hydrogen-bond donors (Lipinski definition) is 0. The van der Waals surface area contributed by atoms with Crippen molar-refractivity contribution < 1.29 is 18.7 Å². The van der Waals surface area contributed by atoms with Crippen molar-refractivity contribution >= 4 is 12.7 Å². The Kier molecular flexibility index (Phi) is 3.79. The predicted molar refractivity (Wildman–Crippen MR) is 40.3 cm³/mol. The Morgan fingerprint density at radius 1 is 1.75 bits per heavy atom. The van der Waals surface area contributed by atoms with Crippen LogP contribution in [0.15, 0.2) is 4.99 Å². The Hall–Kier alpha value is -1.00. The minimum absolute atomic E-state index is 0.237. The Morgan fingerprint density at radius 3 is 2.50 bits per heavy atom. The summed E-state index contributed by atoms with van der Waals surface area (Å²) in [6.45, 7) is 5.55. The van der Waals surface area contributed by atoms with Gasteiger partial charge in [-0.05, 0) is 20.6 Å². The molecular weight excluding hydrogens is 168 g/mol. The van der Waals surface area contributed by atoms with Crippen LogP contribution in [0.3, 0.4) is 0 Å². The van der Waals surface area contributed by atoms with Gasteiger partial charge in [0.15, 0.2) is 6.04 Å². The molecular formula is C7H11F2NO2. The maximum atomic E-state index is 12.9. The van der Waals surface area contributed by atoms with Crippen LogP contribution in [0.1, 0.15) is 20.3 Å². The van der Waals surface area contributed by atoms with Crippen molar-refractivity contribution in [1.82, 2.24) is 0 Å². The van der Waals surface area contributed by atoms with E-state index in [1.807, 2.05) is 0 Å². The van der Waals surface area contributed by atoms with Gasteiger partial charge in [0.05, 0.1) is 0 Å².